The Labute approximate surface area is 206 Å². The lowest BCUT2D eigenvalue weighted by Gasteiger charge is -2.22. The lowest BCUT2D eigenvalue weighted by molar-refractivity contribution is 0.174. The molecule has 0 fully saturated rings. The van der Waals surface area contributed by atoms with Crippen LogP contribution < -0.4 is 15.0 Å². The van der Waals surface area contributed by atoms with Crippen LogP contribution in [0.1, 0.15) is 22.7 Å². The number of pyridine rings is 1. The van der Waals surface area contributed by atoms with Gasteiger partial charge in [-0.15, -0.1) is 5.10 Å². The Morgan fingerprint density at radius 1 is 1.00 bits per heavy atom. The second-order valence-electron chi connectivity index (χ2n) is 8.69. The largest absolute Gasteiger partial charge is 0.467 e. The van der Waals surface area contributed by atoms with Crippen LogP contribution in [-0.2, 0) is 26.1 Å². The number of tetrazole rings is 1. The van der Waals surface area contributed by atoms with Crippen molar-refractivity contribution in [2.75, 3.05) is 13.3 Å². The number of furan rings is 1. The highest BCUT2D eigenvalue weighted by Gasteiger charge is 2.18. The minimum Gasteiger partial charge on any atom is -0.467 e. The summed E-state index contributed by atoms with van der Waals surface area (Å²) in [5, 5.41) is 13.1. The summed E-state index contributed by atoms with van der Waals surface area (Å²) in [6, 6.07) is 19.6. The van der Waals surface area contributed by atoms with Gasteiger partial charge in [0.15, 0.2) is 17.3 Å². The number of benzene rings is 2. The molecule has 0 saturated carbocycles. The van der Waals surface area contributed by atoms with Gasteiger partial charge in [0, 0.05) is 30.1 Å². The van der Waals surface area contributed by atoms with E-state index in [-0.39, 0.29) is 12.4 Å². The minimum absolute atomic E-state index is 0.138. The van der Waals surface area contributed by atoms with Gasteiger partial charge in [-0.2, -0.15) is 0 Å². The van der Waals surface area contributed by atoms with Gasteiger partial charge >= 0.3 is 0 Å². The molecule has 10 nitrogen and oxygen atoms in total. The number of hydrogen-bond acceptors (Lipinski definition) is 8. The summed E-state index contributed by atoms with van der Waals surface area (Å²) in [4.78, 5) is 18.2. The normalized spacial score (nSPS) is 12.6. The molecule has 182 valence electrons. The molecule has 1 aliphatic rings. The van der Waals surface area contributed by atoms with Crippen LogP contribution >= 0.6 is 0 Å². The molecule has 6 rings (SSSR count). The third kappa shape index (κ3) is 4.71. The smallest absolute Gasteiger partial charge is 0.252 e. The van der Waals surface area contributed by atoms with Crippen molar-refractivity contribution in [2.24, 2.45) is 0 Å². The van der Waals surface area contributed by atoms with Crippen molar-refractivity contribution >= 4 is 10.9 Å². The van der Waals surface area contributed by atoms with Crippen LogP contribution in [-0.4, -0.2) is 43.4 Å². The van der Waals surface area contributed by atoms with Crippen molar-refractivity contribution in [3.8, 4) is 11.5 Å². The van der Waals surface area contributed by atoms with Crippen LogP contribution in [0.2, 0.25) is 0 Å². The first-order chi connectivity index (χ1) is 17.7. The Morgan fingerprint density at radius 2 is 1.86 bits per heavy atom. The van der Waals surface area contributed by atoms with Gasteiger partial charge in [-0.25, -0.2) is 4.68 Å². The molecule has 1 N–H and O–H groups in total. The average Bonchev–Trinajstić information content (AvgIpc) is 3.66. The second-order valence-corrected chi connectivity index (χ2v) is 8.69. The van der Waals surface area contributed by atoms with Gasteiger partial charge in [-0.3, -0.25) is 9.69 Å². The fourth-order valence-corrected chi connectivity index (χ4v) is 4.35. The van der Waals surface area contributed by atoms with E-state index in [0.29, 0.717) is 48.0 Å². The zero-order valence-electron chi connectivity index (χ0n) is 19.5. The lowest BCUT2D eigenvalue weighted by atomic mass is 10.1. The molecule has 4 heterocycles. The molecule has 0 radical (unpaired) electrons. The third-order valence-electron chi connectivity index (χ3n) is 6.22. The number of aromatic amines is 1. The molecular formula is C26H24N6O4. The maximum Gasteiger partial charge on any atom is 0.252 e. The number of nitrogens with one attached hydrogen (secondary N) is 1. The highest BCUT2D eigenvalue weighted by Crippen LogP contribution is 2.35. The van der Waals surface area contributed by atoms with E-state index in [1.54, 1.807) is 17.0 Å². The molecule has 3 aromatic heterocycles. The van der Waals surface area contributed by atoms with Crippen LogP contribution in [0.25, 0.3) is 10.9 Å². The first-order valence-electron chi connectivity index (χ1n) is 11.7. The molecule has 0 amide bonds. The van der Waals surface area contributed by atoms with E-state index < -0.39 is 0 Å². The molecular weight excluding hydrogens is 460 g/mol. The first-order valence-corrected chi connectivity index (χ1v) is 11.7. The second kappa shape index (κ2) is 9.67. The number of ether oxygens (including phenoxy) is 2. The van der Waals surface area contributed by atoms with E-state index in [0.717, 1.165) is 24.1 Å². The van der Waals surface area contributed by atoms with Crippen molar-refractivity contribution in [1.29, 1.82) is 0 Å². The van der Waals surface area contributed by atoms with E-state index in [2.05, 4.69) is 37.5 Å². The predicted molar refractivity (Wildman–Crippen MR) is 131 cm³/mol. The summed E-state index contributed by atoms with van der Waals surface area (Å²) >= 11 is 0. The maximum absolute atomic E-state index is 13.0. The summed E-state index contributed by atoms with van der Waals surface area (Å²) in [6.45, 7) is 2.24. The molecule has 2 aromatic carbocycles. The molecule has 0 spiro atoms. The van der Waals surface area contributed by atoms with E-state index in [4.69, 9.17) is 13.9 Å². The number of rotatable bonds is 9. The van der Waals surface area contributed by atoms with E-state index >= 15 is 0 Å². The monoisotopic (exact) mass is 484 g/mol. The molecule has 0 unspecified atom stereocenters. The Balaban J connectivity index is 1.27. The summed E-state index contributed by atoms with van der Waals surface area (Å²) in [5.41, 5.74) is 2.45. The Bertz CT molecular complexity index is 1530. The molecule has 0 atom stereocenters. The molecule has 36 heavy (non-hydrogen) atoms. The number of aromatic nitrogens is 5. The molecule has 0 aliphatic carbocycles. The Hall–Kier alpha value is -4.44. The topological polar surface area (TPSA) is 111 Å². The zero-order valence-corrected chi connectivity index (χ0v) is 19.5. The molecule has 0 saturated heterocycles. The summed E-state index contributed by atoms with van der Waals surface area (Å²) in [7, 11) is 0. The van der Waals surface area contributed by atoms with Crippen LogP contribution in [0.3, 0.4) is 0 Å². The highest BCUT2D eigenvalue weighted by molar-refractivity contribution is 5.83. The van der Waals surface area contributed by atoms with Crippen LogP contribution in [0.4, 0.5) is 0 Å². The van der Waals surface area contributed by atoms with E-state index in [9.17, 15) is 4.79 Å². The third-order valence-corrected chi connectivity index (χ3v) is 6.22. The SMILES string of the molecule is O=c1[nH]c2cc3c(cc2cc1CN(CCc1ccccc1)Cc1nnnn1Cc1ccco1)OCO3. The predicted octanol–water partition coefficient (Wildman–Crippen LogP) is 3.13. The standard InChI is InChI=1S/C26H24N6O4/c33-26-20(11-19-12-23-24(36-17-35-23)13-22(19)27-26)14-31(9-8-18-5-2-1-3-6-18)16-25-28-29-30-32(25)15-21-7-4-10-34-21/h1-7,10-13H,8-9,14-17H2,(H,27,33). The van der Waals surface area contributed by atoms with Gasteiger partial charge in [0.2, 0.25) is 6.79 Å². The lowest BCUT2D eigenvalue weighted by Crippen LogP contribution is -2.30. The van der Waals surface area contributed by atoms with Gasteiger partial charge < -0.3 is 18.9 Å². The minimum atomic E-state index is -0.138. The molecule has 1 aliphatic heterocycles. The van der Waals surface area contributed by atoms with Gasteiger partial charge in [0.1, 0.15) is 12.3 Å². The quantitative estimate of drug-likeness (QED) is 0.340. The number of nitrogens with zero attached hydrogens (tertiary/aromatic N) is 5. The van der Waals surface area contributed by atoms with Crippen molar-refractivity contribution in [3.05, 3.63) is 100.0 Å². The van der Waals surface area contributed by atoms with Crippen molar-refractivity contribution in [3.63, 3.8) is 0 Å². The Kier molecular flexibility index (Phi) is 5.92. The Morgan fingerprint density at radius 3 is 2.69 bits per heavy atom. The molecule has 5 aromatic rings. The van der Waals surface area contributed by atoms with Gasteiger partial charge in [0.05, 0.1) is 18.3 Å². The summed E-state index contributed by atoms with van der Waals surface area (Å²) in [6.07, 6.45) is 2.45. The highest BCUT2D eigenvalue weighted by atomic mass is 16.7. The number of H-pyrrole nitrogens is 1. The van der Waals surface area contributed by atoms with Crippen molar-refractivity contribution in [2.45, 2.75) is 26.1 Å². The first kappa shape index (κ1) is 22.1. The molecule has 0 bridgehead atoms. The molecule has 10 heteroatoms. The maximum atomic E-state index is 13.0. The number of hydrogen-bond donors (Lipinski definition) is 1. The fraction of sp³-hybridized carbons (Fsp3) is 0.231. The van der Waals surface area contributed by atoms with Crippen molar-refractivity contribution < 1.29 is 13.9 Å². The van der Waals surface area contributed by atoms with E-state index in [1.807, 2.05) is 42.5 Å². The fourth-order valence-electron chi connectivity index (χ4n) is 4.35. The average molecular weight is 485 g/mol. The van der Waals surface area contributed by atoms with Crippen LogP contribution in [0.5, 0.6) is 11.5 Å². The number of fused-ring (bicyclic) bond motifs is 2. The zero-order chi connectivity index (χ0) is 24.3. The van der Waals surface area contributed by atoms with E-state index in [1.165, 1.54) is 5.56 Å². The van der Waals surface area contributed by atoms with Gasteiger partial charge in [0.25, 0.3) is 5.56 Å². The van der Waals surface area contributed by atoms with Gasteiger partial charge in [-0.05, 0) is 46.7 Å². The summed E-state index contributed by atoms with van der Waals surface area (Å²) in [5.74, 6) is 2.78. The van der Waals surface area contributed by atoms with Crippen molar-refractivity contribution in [1.82, 2.24) is 30.1 Å². The van der Waals surface area contributed by atoms with Crippen LogP contribution in [0.15, 0.2) is 76.1 Å². The van der Waals surface area contributed by atoms with Crippen LogP contribution in [0, 0.1) is 0 Å². The van der Waals surface area contributed by atoms with Gasteiger partial charge in [-0.1, -0.05) is 30.3 Å². The summed E-state index contributed by atoms with van der Waals surface area (Å²) < 4.78 is 18.1.